The van der Waals surface area contributed by atoms with E-state index in [1.165, 1.54) is 0 Å². The normalized spacial score (nSPS) is 13.9. The quantitative estimate of drug-likeness (QED) is 0.470. The van der Waals surface area contributed by atoms with Crippen LogP contribution in [0.25, 0.3) is 22.4 Å². The van der Waals surface area contributed by atoms with Crippen LogP contribution < -0.4 is 10.6 Å². The van der Waals surface area contributed by atoms with Gasteiger partial charge in [0.2, 0.25) is 5.91 Å². The van der Waals surface area contributed by atoms with Gasteiger partial charge in [0.1, 0.15) is 12.4 Å². The fraction of sp³-hybridized carbons (Fsp3) is 0.105. The Kier molecular flexibility index (Phi) is 4.11. The molecule has 0 atom stereocenters. The summed E-state index contributed by atoms with van der Waals surface area (Å²) in [6.07, 6.45) is 0. The Balaban J connectivity index is 1.45. The van der Waals surface area contributed by atoms with Crippen LogP contribution >= 0.6 is 0 Å². The molecule has 140 valence electrons. The van der Waals surface area contributed by atoms with Crippen LogP contribution in [0.3, 0.4) is 0 Å². The van der Waals surface area contributed by atoms with Crippen LogP contribution in [-0.4, -0.2) is 45.2 Å². The molecular weight excluding hydrogens is 362 g/mol. The summed E-state index contributed by atoms with van der Waals surface area (Å²) in [6.45, 7) is 1.47. The maximum absolute atomic E-state index is 12.1. The number of urea groups is 1. The summed E-state index contributed by atoms with van der Waals surface area (Å²) < 4.78 is 0. The first kappa shape index (κ1) is 17.4. The van der Waals surface area contributed by atoms with Crippen LogP contribution in [0.5, 0.6) is 0 Å². The highest BCUT2D eigenvalue weighted by atomic mass is 16.2. The lowest BCUT2D eigenvalue weighted by molar-refractivity contribution is -0.140. The minimum Gasteiger partial charge on any atom is -0.338 e. The lowest BCUT2D eigenvalue weighted by atomic mass is 10.2. The zero-order valence-electron chi connectivity index (χ0n) is 14.8. The molecule has 28 heavy (non-hydrogen) atoms. The maximum Gasteiger partial charge on any atom is 0.332 e. The summed E-state index contributed by atoms with van der Waals surface area (Å²) in [5.41, 5.74) is 4.26. The van der Waals surface area contributed by atoms with Crippen molar-refractivity contribution in [1.82, 2.24) is 20.2 Å². The van der Waals surface area contributed by atoms with Crippen molar-refractivity contribution in [2.45, 2.75) is 6.92 Å². The fourth-order valence-electron chi connectivity index (χ4n) is 2.89. The van der Waals surface area contributed by atoms with Gasteiger partial charge in [-0.05, 0) is 48.9 Å². The first-order valence-electron chi connectivity index (χ1n) is 8.44. The first-order valence-corrected chi connectivity index (χ1v) is 8.44. The number of carbonyl (C=O) groups is 4. The SMILES string of the molecule is Cc1ccc2nc(-c3ccc(NC(=O)CN4C(=O)NC(=O)C4=O)cc3)[nH]c2c1. The van der Waals surface area contributed by atoms with Gasteiger partial charge in [0, 0.05) is 11.3 Å². The second kappa shape index (κ2) is 6.62. The molecule has 0 aliphatic carbocycles. The maximum atomic E-state index is 12.1. The molecule has 1 saturated heterocycles. The number of aromatic amines is 1. The van der Waals surface area contributed by atoms with Crippen LogP contribution in [0.4, 0.5) is 10.5 Å². The van der Waals surface area contributed by atoms with Crippen LogP contribution in [0, 0.1) is 6.92 Å². The van der Waals surface area contributed by atoms with Crippen LogP contribution in [0.15, 0.2) is 42.5 Å². The number of hydrogen-bond donors (Lipinski definition) is 3. The summed E-state index contributed by atoms with van der Waals surface area (Å²) in [4.78, 5) is 54.5. The average molecular weight is 377 g/mol. The molecule has 2 aromatic carbocycles. The first-order chi connectivity index (χ1) is 13.4. The molecular formula is C19H15N5O4. The second-order valence-corrected chi connectivity index (χ2v) is 6.38. The molecule has 9 heteroatoms. The third-order valence-electron chi connectivity index (χ3n) is 4.29. The van der Waals surface area contributed by atoms with E-state index in [4.69, 9.17) is 0 Å². The Morgan fingerprint density at radius 1 is 1.11 bits per heavy atom. The monoisotopic (exact) mass is 377 g/mol. The molecule has 5 amide bonds. The number of imidazole rings is 1. The number of nitrogens with one attached hydrogen (secondary N) is 3. The van der Waals surface area contributed by atoms with E-state index in [0.717, 1.165) is 22.2 Å². The van der Waals surface area contributed by atoms with Crippen molar-refractivity contribution in [1.29, 1.82) is 0 Å². The zero-order chi connectivity index (χ0) is 19.8. The summed E-state index contributed by atoms with van der Waals surface area (Å²) in [6, 6.07) is 12.0. The Morgan fingerprint density at radius 2 is 1.86 bits per heavy atom. The van der Waals surface area contributed by atoms with Gasteiger partial charge in [-0.3, -0.25) is 19.7 Å². The molecule has 0 unspecified atom stereocenters. The lowest BCUT2D eigenvalue weighted by Crippen LogP contribution is -2.38. The summed E-state index contributed by atoms with van der Waals surface area (Å²) in [5.74, 6) is -1.97. The number of anilines is 1. The fourth-order valence-corrected chi connectivity index (χ4v) is 2.89. The van der Waals surface area contributed by atoms with Gasteiger partial charge in [-0.25, -0.2) is 14.7 Å². The molecule has 9 nitrogen and oxygen atoms in total. The van der Waals surface area contributed by atoms with E-state index in [0.29, 0.717) is 16.4 Å². The number of nitrogens with zero attached hydrogens (tertiary/aromatic N) is 2. The third-order valence-corrected chi connectivity index (χ3v) is 4.29. The van der Waals surface area contributed by atoms with Crippen molar-refractivity contribution in [3.8, 4) is 11.4 Å². The molecule has 0 saturated carbocycles. The number of aromatic nitrogens is 2. The molecule has 1 aliphatic rings. The Bertz CT molecular complexity index is 1130. The van der Waals surface area contributed by atoms with Gasteiger partial charge in [-0.15, -0.1) is 0 Å². The number of carbonyl (C=O) groups excluding carboxylic acids is 4. The van der Waals surface area contributed by atoms with Gasteiger partial charge < -0.3 is 10.3 Å². The number of aryl methyl sites for hydroxylation is 1. The largest absolute Gasteiger partial charge is 0.338 e. The topological polar surface area (TPSA) is 124 Å². The molecule has 3 N–H and O–H groups in total. The Morgan fingerprint density at radius 3 is 2.54 bits per heavy atom. The molecule has 2 heterocycles. The van der Waals surface area contributed by atoms with Crippen molar-refractivity contribution in [3.05, 3.63) is 48.0 Å². The molecule has 0 radical (unpaired) electrons. The highest BCUT2D eigenvalue weighted by molar-refractivity contribution is 6.45. The van der Waals surface area contributed by atoms with Gasteiger partial charge >= 0.3 is 17.8 Å². The van der Waals surface area contributed by atoms with Crippen molar-refractivity contribution < 1.29 is 19.2 Å². The van der Waals surface area contributed by atoms with Crippen molar-refractivity contribution in [2.24, 2.45) is 0 Å². The van der Waals surface area contributed by atoms with E-state index in [9.17, 15) is 19.2 Å². The van der Waals surface area contributed by atoms with E-state index in [1.807, 2.05) is 30.4 Å². The molecule has 0 spiro atoms. The molecule has 1 fully saturated rings. The van der Waals surface area contributed by atoms with Crippen LogP contribution in [0.2, 0.25) is 0 Å². The number of hydrogen-bond acceptors (Lipinski definition) is 5. The molecule has 0 bridgehead atoms. The van der Waals surface area contributed by atoms with Gasteiger partial charge in [-0.2, -0.15) is 0 Å². The standard InChI is InChI=1S/C19H15N5O4/c1-10-2-7-13-14(8-10)22-16(21-13)11-3-5-12(6-4-11)20-15(25)9-24-18(27)17(26)23-19(24)28/h2-8H,9H2,1H3,(H,20,25)(H,21,22)(H,23,26,28). The predicted octanol–water partition coefficient (Wildman–Crippen LogP) is 1.56. The van der Waals surface area contributed by atoms with Crippen LogP contribution in [-0.2, 0) is 14.4 Å². The number of fused-ring (bicyclic) bond motifs is 1. The van der Waals surface area contributed by atoms with E-state index in [-0.39, 0.29) is 0 Å². The Hall–Kier alpha value is -4.01. The average Bonchev–Trinajstić information content (AvgIpc) is 3.18. The smallest absolute Gasteiger partial charge is 0.332 e. The van der Waals surface area contributed by atoms with Gasteiger partial charge in [0.15, 0.2) is 0 Å². The highest BCUT2D eigenvalue weighted by Crippen LogP contribution is 2.22. The van der Waals surface area contributed by atoms with Crippen molar-refractivity contribution >= 4 is 40.5 Å². The van der Waals surface area contributed by atoms with Crippen LogP contribution in [0.1, 0.15) is 5.56 Å². The zero-order valence-corrected chi connectivity index (χ0v) is 14.8. The lowest BCUT2D eigenvalue weighted by Gasteiger charge is -2.11. The van der Waals surface area contributed by atoms with Crippen molar-refractivity contribution in [3.63, 3.8) is 0 Å². The van der Waals surface area contributed by atoms with Crippen molar-refractivity contribution in [2.75, 3.05) is 11.9 Å². The van der Waals surface area contributed by atoms with Gasteiger partial charge in [0.25, 0.3) is 0 Å². The molecule has 4 rings (SSSR count). The second-order valence-electron chi connectivity index (χ2n) is 6.38. The summed E-state index contributed by atoms with van der Waals surface area (Å²) in [5, 5.41) is 4.42. The summed E-state index contributed by atoms with van der Waals surface area (Å²) in [7, 11) is 0. The Labute approximate surface area is 158 Å². The molecule has 1 aromatic heterocycles. The van der Waals surface area contributed by atoms with E-state index in [2.05, 4.69) is 15.3 Å². The predicted molar refractivity (Wildman–Crippen MR) is 100 cm³/mol. The third kappa shape index (κ3) is 3.20. The number of benzene rings is 2. The van der Waals surface area contributed by atoms with E-state index >= 15 is 0 Å². The van der Waals surface area contributed by atoms with E-state index in [1.54, 1.807) is 24.3 Å². The molecule has 3 aromatic rings. The van der Waals surface area contributed by atoms with Gasteiger partial charge in [-0.1, -0.05) is 6.07 Å². The van der Waals surface area contributed by atoms with E-state index < -0.39 is 30.3 Å². The number of H-pyrrole nitrogens is 1. The highest BCUT2D eigenvalue weighted by Gasteiger charge is 2.37. The number of rotatable bonds is 4. The molecule has 1 aliphatic heterocycles. The minimum absolute atomic E-state index is 0.485. The number of imide groups is 2. The number of amides is 5. The minimum atomic E-state index is -1.05. The summed E-state index contributed by atoms with van der Waals surface area (Å²) >= 11 is 0. The van der Waals surface area contributed by atoms with Gasteiger partial charge in [0.05, 0.1) is 11.0 Å².